The first-order valence-electron chi connectivity index (χ1n) is 7.23. The van der Waals surface area contributed by atoms with E-state index in [9.17, 15) is 14.4 Å². The SMILES string of the molecule is COC(=O)C[C@@H]1C(=O)NCCN1C(=O)c1csc2ccccc12. The Morgan fingerprint density at radius 3 is 2.96 bits per heavy atom. The Kier molecular flexibility index (Phi) is 4.29. The van der Waals surface area contributed by atoms with Crippen molar-refractivity contribution in [1.82, 2.24) is 10.2 Å². The molecule has 23 heavy (non-hydrogen) atoms. The Balaban J connectivity index is 1.92. The van der Waals surface area contributed by atoms with Crippen LogP contribution in [0.3, 0.4) is 0 Å². The first-order chi connectivity index (χ1) is 11.1. The lowest BCUT2D eigenvalue weighted by atomic mass is 10.1. The summed E-state index contributed by atoms with van der Waals surface area (Å²) in [5.41, 5.74) is 0.565. The van der Waals surface area contributed by atoms with Gasteiger partial charge in [0.1, 0.15) is 6.04 Å². The van der Waals surface area contributed by atoms with Gasteiger partial charge in [-0.3, -0.25) is 14.4 Å². The largest absolute Gasteiger partial charge is 0.469 e. The molecule has 1 aromatic heterocycles. The molecule has 0 spiro atoms. The lowest BCUT2D eigenvalue weighted by molar-refractivity contribution is -0.145. The molecule has 1 aliphatic heterocycles. The van der Waals surface area contributed by atoms with Gasteiger partial charge in [-0.15, -0.1) is 11.3 Å². The van der Waals surface area contributed by atoms with Crippen LogP contribution >= 0.6 is 11.3 Å². The highest BCUT2D eigenvalue weighted by Crippen LogP contribution is 2.27. The number of piperazine rings is 1. The fourth-order valence-electron chi connectivity index (χ4n) is 2.70. The van der Waals surface area contributed by atoms with Crippen LogP contribution in [0.25, 0.3) is 10.1 Å². The van der Waals surface area contributed by atoms with Crippen molar-refractivity contribution in [3.8, 4) is 0 Å². The number of benzene rings is 1. The van der Waals surface area contributed by atoms with Crippen LogP contribution in [-0.2, 0) is 14.3 Å². The topological polar surface area (TPSA) is 75.7 Å². The molecule has 2 heterocycles. The third-order valence-electron chi connectivity index (χ3n) is 3.89. The molecule has 3 rings (SSSR count). The Labute approximate surface area is 137 Å². The zero-order valence-electron chi connectivity index (χ0n) is 12.6. The van der Waals surface area contributed by atoms with Gasteiger partial charge in [-0.2, -0.15) is 0 Å². The summed E-state index contributed by atoms with van der Waals surface area (Å²) in [6.45, 7) is 0.751. The number of hydrogen-bond acceptors (Lipinski definition) is 5. The van der Waals surface area contributed by atoms with E-state index in [1.165, 1.54) is 23.3 Å². The molecule has 7 heteroatoms. The van der Waals surface area contributed by atoms with Gasteiger partial charge in [-0.1, -0.05) is 18.2 Å². The molecule has 2 amide bonds. The summed E-state index contributed by atoms with van der Waals surface area (Å²) in [5, 5.41) is 5.36. The molecule has 0 unspecified atom stereocenters. The summed E-state index contributed by atoms with van der Waals surface area (Å²) in [4.78, 5) is 38.0. The number of amides is 2. The highest BCUT2D eigenvalue weighted by atomic mass is 32.1. The first-order valence-corrected chi connectivity index (χ1v) is 8.11. The van der Waals surface area contributed by atoms with E-state index in [2.05, 4.69) is 10.1 Å². The van der Waals surface area contributed by atoms with Crippen LogP contribution in [0.2, 0.25) is 0 Å². The van der Waals surface area contributed by atoms with Gasteiger partial charge in [0, 0.05) is 28.6 Å². The quantitative estimate of drug-likeness (QED) is 0.862. The third-order valence-corrected chi connectivity index (χ3v) is 4.85. The van der Waals surface area contributed by atoms with Crippen molar-refractivity contribution in [2.75, 3.05) is 20.2 Å². The van der Waals surface area contributed by atoms with E-state index in [0.717, 1.165) is 10.1 Å². The van der Waals surface area contributed by atoms with Crippen LogP contribution in [0.5, 0.6) is 0 Å². The second-order valence-electron chi connectivity index (χ2n) is 5.23. The number of nitrogens with zero attached hydrogens (tertiary/aromatic N) is 1. The molecule has 1 N–H and O–H groups in total. The second-order valence-corrected chi connectivity index (χ2v) is 6.14. The normalized spacial score (nSPS) is 17.9. The smallest absolute Gasteiger partial charge is 0.308 e. The fraction of sp³-hybridized carbons (Fsp3) is 0.312. The molecular weight excluding hydrogens is 316 g/mol. The van der Waals surface area contributed by atoms with Crippen molar-refractivity contribution in [1.29, 1.82) is 0 Å². The molecule has 6 nitrogen and oxygen atoms in total. The Hall–Kier alpha value is -2.41. The molecule has 1 aliphatic rings. The van der Waals surface area contributed by atoms with Crippen molar-refractivity contribution in [2.24, 2.45) is 0 Å². The summed E-state index contributed by atoms with van der Waals surface area (Å²) >= 11 is 1.49. The number of carbonyl (C=O) groups is 3. The lowest BCUT2D eigenvalue weighted by Gasteiger charge is -2.34. The van der Waals surface area contributed by atoms with E-state index in [0.29, 0.717) is 18.7 Å². The predicted molar refractivity (Wildman–Crippen MR) is 86.3 cm³/mol. The van der Waals surface area contributed by atoms with Gasteiger partial charge >= 0.3 is 5.97 Å². The molecule has 2 aromatic rings. The van der Waals surface area contributed by atoms with Crippen LogP contribution in [-0.4, -0.2) is 48.9 Å². The Morgan fingerprint density at radius 1 is 1.39 bits per heavy atom. The number of ether oxygens (including phenoxy) is 1. The van der Waals surface area contributed by atoms with E-state index in [1.807, 2.05) is 24.3 Å². The van der Waals surface area contributed by atoms with Gasteiger partial charge < -0.3 is 15.0 Å². The number of thiophene rings is 1. The summed E-state index contributed by atoms with van der Waals surface area (Å²) in [7, 11) is 1.27. The van der Waals surface area contributed by atoms with E-state index < -0.39 is 12.0 Å². The summed E-state index contributed by atoms with van der Waals surface area (Å²) < 4.78 is 5.65. The van der Waals surface area contributed by atoms with Crippen molar-refractivity contribution >= 4 is 39.2 Å². The van der Waals surface area contributed by atoms with Crippen molar-refractivity contribution in [3.63, 3.8) is 0 Å². The van der Waals surface area contributed by atoms with Crippen molar-refractivity contribution < 1.29 is 19.1 Å². The van der Waals surface area contributed by atoms with E-state index in [4.69, 9.17) is 0 Å². The van der Waals surface area contributed by atoms with Crippen LogP contribution in [0.1, 0.15) is 16.8 Å². The average Bonchev–Trinajstić information content (AvgIpc) is 3.00. The van der Waals surface area contributed by atoms with Crippen LogP contribution in [0.4, 0.5) is 0 Å². The van der Waals surface area contributed by atoms with Crippen LogP contribution in [0.15, 0.2) is 29.6 Å². The maximum absolute atomic E-state index is 12.9. The molecule has 0 saturated carbocycles. The monoisotopic (exact) mass is 332 g/mol. The minimum atomic E-state index is -0.831. The highest BCUT2D eigenvalue weighted by Gasteiger charge is 2.36. The van der Waals surface area contributed by atoms with Gasteiger partial charge in [-0.05, 0) is 6.07 Å². The van der Waals surface area contributed by atoms with Gasteiger partial charge in [0.2, 0.25) is 5.91 Å². The molecule has 0 bridgehead atoms. The fourth-order valence-corrected chi connectivity index (χ4v) is 3.63. The number of carbonyl (C=O) groups excluding carboxylic acids is 3. The minimum Gasteiger partial charge on any atom is -0.469 e. The number of nitrogens with one attached hydrogen (secondary N) is 1. The van der Waals surface area contributed by atoms with Gasteiger partial charge in [-0.25, -0.2) is 0 Å². The predicted octanol–water partition coefficient (Wildman–Crippen LogP) is 1.41. The molecule has 1 aromatic carbocycles. The molecule has 120 valence electrons. The maximum Gasteiger partial charge on any atom is 0.308 e. The summed E-state index contributed by atoms with van der Waals surface area (Å²) in [6, 6.07) is 6.80. The van der Waals surface area contributed by atoms with E-state index in [-0.39, 0.29) is 18.2 Å². The van der Waals surface area contributed by atoms with Crippen molar-refractivity contribution in [2.45, 2.75) is 12.5 Å². The molecule has 0 radical (unpaired) electrons. The zero-order chi connectivity index (χ0) is 16.4. The molecule has 1 fully saturated rings. The van der Waals surface area contributed by atoms with Gasteiger partial charge in [0.25, 0.3) is 5.91 Å². The Morgan fingerprint density at radius 2 is 2.17 bits per heavy atom. The average molecular weight is 332 g/mol. The second kappa shape index (κ2) is 6.37. The number of rotatable bonds is 3. The Bertz CT molecular complexity index is 770. The number of methoxy groups -OCH3 is 1. The standard InChI is InChI=1S/C16H16N2O4S/c1-22-14(19)8-12-15(20)17-6-7-18(12)16(21)11-9-23-13-5-3-2-4-10(11)13/h2-5,9,12H,6-8H2,1H3,(H,17,20)/t12-/m1/s1. The maximum atomic E-state index is 12.9. The number of fused-ring (bicyclic) bond motifs is 1. The van der Waals surface area contributed by atoms with Crippen LogP contribution < -0.4 is 5.32 Å². The third kappa shape index (κ3) is 2.92. The van der Waals surface area contributed by atoms with E-state index >= 15 is 0 Å². The molecular formula is C16H16N2O4S. The number of hydrogen-bond donors (Lipinski definition) is 1. The van der Waals surface area contributed by atoms with Crippen LogP contribution in [0, 0.1) is 0 Å². The highest BCUT2D eigenvalue weighted by molar-refractivity contribution is 7.17. The van der Waals surface area contributed by atoms with Gasteiger partial charge in [0.05, 0.1) is 19.1 Å². The van der Waals surface area contributed by atoms with Crippen molar-refractivity contribution in [3.05, 3.63) is 35.2 Å². The summed E-state index contributed by atoms with van der Waals surface area (Å²) in [5.74, 6) is -1.07. The molecule has 1 atom stereocenters. The van der Waals surface area contributed by atoms with E-state index in [1.54, 1.807) is 5.38 Å². The minimum absolute atomic E-state index is 0.143. The van der Waals surface area contributed by atoms with Gasteiger partial charge in [0.15, 0.2) is 0 Å². The zero-order valence-corrected chi connectivity index (χ0v) is 13.4. The molecule has 1 saturated heterocycles. The molecule has 0 aliphatic carbocycles. The lowest BCUT2D eigenvalue weighted by Crippen LogP contribution is -2.57. The first kappa shape index (κ1) is 15.5. The number of esters is 1. The summed E-state index contributed by atoms with van der Waals surface area (Å²) in [6.07, 6.45) is -0.143.